The number of rotatable bonds is 3. The number of nitriles is 1. The van der Waals surface area contributed by atoms with Gasteiger partial charge >= 0.3 is 0 Å². The second kappa shape index (κ2) is 5.85. The maximum absolute atomic E-state index is 11.7. The van der Waals surface area contributed by atoms with Crippen LogP contribution in [0.25, 0.3) is 0 Å². The van der Waals surface area contributed by atoms with Gasteiger partial charge in [-0.3, -0.25) is 4.79 Å². The van der Waals surface area contributed by atoms with Crippen LogP contribution in [0.3, 0.4) is 0 Å². The zero-order valence-electron chi connectivity index (χ0n) is 10.7. The van der Waals surface area contributed by atoms with E-state index in [0.717, 1.165) is 31.2 Å². The molecule has 1 aliphatic carbocycles. The molecule has 0 spiro atoms. The van der Waals surface area contributed by atoms with E-state index in [-0.39, 0.29) is 23.8 Å². The molecular formula is C15H18N2O2. The average molecular weight is 258 g/mol. The van der Waals surface area contributed by atoms with Crippen molar-refractivity contribution in [3.05, 3.63) is 35.4 Å². The summed E-state index contributed by atoms with van der Waals surface area (Å²) < 4.78 is 0. The van der Waals surface area contributed by atoms with Crippen molar-refractivity contribution < 1.29 is 9.90 Å². The Balaban J connectivity index is 2.20. The number of nitrogens with zero attached hydrogens (tertiary/aromatic N) is 1. The zero-order valence-corrected chi connectivity index (χ0v) is 10.7. The third-order valence-electron chi connectivity index (χ3n) is 3.92. The number of primary amides is 1. The van der Waals surface area contributed by atoms with E-state index < -0.39 is 0 Å². The molecule has 1 atom stereocenters. The first-order valence-electron chi connectivity index (χ1n) is 6.59. The summed E-state index contributed by atoms with van der Waals surface area (Å²) in [6.45, 7) is 0. The normalized spacial score (nSPS) is 24.4. The number of hydrogen-bond acceptors (Lipinski definition) is 3. The minimum absolute atomic E-state index is 0.189. The first-order chi connectivity index (χ1) is 9.11. The molecule has 0 heterocycles. The Morgan fingerprint density at radius 1 is 1.26 bits per heavy atom. The molecule has 1 fully saturated rings. The molecule has 0 radical (unpaired) electrons. The van der Waals surface area contributed by atoms with E-state index in [4.69, 9.17) is 11.0 Å². The summed E-state index contributed by atoms with van der Waals surface area (Å²) in [6, 6.07) is 9.09. The number of carbonyl (C=O) groups excluding carboxylic acids is 1. The minimum Gasteiger partial charge on any atom is -0.393 e. The van der Waals surface area contributed by atoms with Gasteiger partial charge in [-0.2, -0.15) is 5.26 Å². The van der Waals surface area contributed by atoms with Crippen molar-refractivity contribution in [1.29, 1.82) is 5.26 Å². The van der Waals surface area contributed by atoms with Crippen LogP contribution in [-0.4, -0.2) is 17.1 Å². The van der Waals surface area contributed by atoms with Crippen molar-refractivity contribution >= 4 is 5.91 Å². The molecule has 0 bridgehead atoms. The van der Waals surface area contributed by atoms with Gasteiger partial charge < -0.3 is 10.8 Å². The van der Waals surface area contributed by atoms with Crippen molar-refractivity contribution in [3.63, 3.8) is 0 Å². The quantitative estimate of drug-likeness (QED) is 0.864. The van der Waals surface area contributed by atoms with E-state index in [1.165, 1.54) is 0 Å². The summed E-state index contributed by atoms with van der Waals surface area (Å²) in [7, 11) is 0. The molecule has 1 unspecified atom stereocenters. The second-order valence-corrected chi connectivity index (χ2v) is 5.18. The fourth-order valence-electron chi connectivity index (χ4n) is 2.87. The first-order valence-corrected chi connectivity index (χ1v) is 6.59. The van der Waals surface area contributed by atoms with E-state index in [0.29, 0.717) is 5.56 Å². The van der Waals surface area contributed by atoms with Crippen molar-refractivity contribution in [2.45, 2.75) is 37.7 Å². The summed E-state index contributed by atoms with van der Waals surface area (Å²) in [5, 5.41) is 18.3. The van der Waals surface area contributed by atoms with Gasteiger partial charge in [-0.1, -0.05) is 12.1 Å². The van der Waals surface area contributed by atoms with Crippen LogP contribution in [0, 0.1) is 17.2 Å². The van der Waals surface area contributed by atoms with Crippen LogP contribution >= 0.6 is 0 Å². The van der Waals surface area contributed by atoms with Gasteiger partial charge in [0.15, 0.2) is 0 Å². The van der Waals surface area contributed by atoms with Crippen LogP contribution in [0.1, 0.15) is 42.7 Å². The summed E-state index contributed by atoms with van der Waals surface area (Å²) >= 11 is 0. The predicted molar refractivity (Wildman–Crippen MR) is 71.1 cm³/mol. The third-order valence-corrected chi connectivity index (χ3v) is 3.92. The van der Waals surface area contributed by atoms with Crippen LogP contribution in [0.2, 0.25) is 0 Å². The molecule has 0 aromatic heterocycles. The monoisotopic (exact) mass is 258 g/mol. The molecule has 19 heavy (non-hydrogen) atoms. The lowest BCUT2D eigenvalue weighted by Gasteiger charge is -2.30. The van der Waals surface area contributed by atoms with Gasteiger partial charge in [0.1, 0.15) is 0 Å². The van der Waals surface area contributed by atoms with E-state index in [2.05, 4.69) is 6.07 Å². The molecule has 1 aromatic rings. The Kier molecular flexibility index (Phi) is 4.18. The molecule has 4 heteroatoms. The number of hydrogen-bond donors (Lipinski definition) is 2. The minimum atomic E-state index is -0.328. The Hall–Kier alpha value is -1.86. The van der Waals surface area contributed by atoms with Gasteiger partial charge in [-0.05, 0) is 49.3 Å². The van der Waals surface area contributed by atoms with Crippen molar-refractivity contribution in [2.24, 2.45) is 11.7 Å². The van der Waals surface area contributed by atoms with E-state index in [1.54, 1.807) is 24.3 Å². The standard InChI is InChI=1S/C15H18N2O2/c16-9-10-1-3-11(4-2-10)14(15(17)19)12-5-7-13(18)8-6-12/h1-4,12-14,18H,5-8H2,(H2,17,19). The maximum Gasteiger partial charge on any atom is 0.225 e. The Morgan fingerprint density at radius 3 is 2.32 bits per heavy atom. The van der Waals surface area contributed by atoms with Crippen LogP contribution in [-0.2, 0) is 4.79 Å². The lowest BCUT2D eigenvalue weighted by molar-refractivity contribution is -0.121. The number of benzene rings is 1. The molecule has 2 rings (SSSR count). The summed E-state index contributed by atoms with van der Waals surface area (Å²) in [5.74, 6) is -0.458. The van der Waals surface area contributed by atoms with Crippen LogP contribution < -0.4 is 5.73 Å². The molecule has 4 nitrogen and oxygen atoms in total. The molecule has 1 saturated carbocycles. The fraction of sp³-hybridized carbons (Fsp3) is 0.467. The number of amides is 1. The maximum atomic E-state index is 11.7. The second-order valence-electron chi connectivity index (χ2n) is 5.18. The van der Waals surface area contributed by atoms with Gasteiger partial charge in [0.05, 0.1) is 23.7 Å². The van der Waals surface area contributed by atoms with Crippen LogP contribution in [0.4, 0.5) is 0 Å². The molecular weight excluding hydrogens is 240 g/mol. The molecule has 0 saturated heterocycles. The lowest BCUT2D eigenvalue weighted by Crippen LogP contribution is -2.31. The van der Waals surface area contributed by atoms with E-state index in [1.807, 2.05) is 0 Å². The highest BCUT2D eigenvalue weighted by Crippen LogP contribution is 2.36. The van der Waals surface area contributed by atoms with Crippen molar-refractivity contribution in [1.82, 2.24) is 0 Å². The highest BCUT2D eigenvalue weighted by molar-refractivity contribution is 5.82. The number of carbonyl (C=O) groups is 1. The molecule has 100 valence electrons. The van der Waals surface area contributed by atoms with Crippen molar-refractivity contribution in [3.8, 4) is 6.07 Å². The van der Waals surface area contributed by atoms with Gasteiger partial charge in [0, 0.05) is 0 Å². The number of aliphatic hydroxyl groups is 1. The fourth-order valence-corrected chi connectivity index (χ4v) is 2.87. The van der Waals surface area contributed by atoms with Crippen molar-refractivity contribution in [2.75, 3.05) is 0 Å². The highest BCUT2D eigenvalue weighted by atomic mass is 16.3. The predicted octanol–water partition coefficient (Wildman–Crippen LogP) is 1.68. The first kappa shape index (κ1) is 13.6. The van der Waals surface area contributed by atoms with E-state index in [9.17, 15) is 9.90 Å². The Morgan fingerprint density at radius 2 is 1.84 bits per heavy atom. The summed E-state index contributed by atoms with van der Waals surface area (Å²) in [4.78, 5) is 11.7. The Bertz CT molecular complexity index is 482. The van der Waals surface area contributed by atoms with E-state index >= 15 is 0 Å². The number of aliphatic hydroxyl groups excluding tert-OH is 1. The van der Waals surface area contributed by atoms with Gasteiger partial charge in [0.2, 0.25) is 5.91 Å². The molecule has 1 aliphatic rings. The van der Waals surface area contributed by atoms with Gasteiger partial charge in [-0.25, -0.2) is 0 Å². The van der Waals surface area contributed by atoms with Crippen LogP contribution in [0.5, 0.6) is 0 Å². The average Bonchev–Trinajstić information content (AvgIpc) is 2.42. The van der Waals surface area contributed by atoms with Crippen LogP contribution in [0.15, 0.2) is 24.3 Å². The van der Waals surface area contributed by atoms with Gasteiger partial charge in [0.25, 0.3) is 0 Å². The molecule has 1 amide bonds. The molecule has 1 aromatic carbocycles. The van der Waals surface area contributed by atoms with Gasteiger partial charge in [-0.15, -0.1) is 0 Å². The zero-order chi connectivity index (χ0) is 13.8. The molecule has 3 N–H and O–H groups in total. The Labute approximate surface area is 112 Å². The highest BCUT2D eigenvalue weighted by Gasteiger charge is 2.31. The smallest absolute Gasteiger partial charge is 0.225 e. The largest absolute Gasteiger partial charge is 0.393 e. The summed E-state index contributed by atoms with van der Waals surface area (Å²) in [5.41, 5.74) is 6.98. The lowest BCUT2D eigenvalue weighted by atomic mass is 9.75. The number of nitrogens with two attached hydrogens (primary N) is 1. The topological polar surface area (TPSA) is 87.1 Å². The molecule has 0 aliphatic heterocycles. The SMILES string of the molecule is N#Cc1ccc(C(C(N)=O)C2CCC(O)CC2)cc1. The third kappa shape index (κ3) is 3.12. The summed E-state index contributed by atoms with van der Waals surface area (Å²) in [6.07, 6.45) is 2.84.